The first-order chi connectivity index (χ1) is 13.3. The van der Waals surface area contributed by atoms with Gasteiger partial charge in [-0.3, -0.25) is 4.79 Å². The highest BCUT2D eigenvalue weighted by atomic mass is 19.1. The van der Waals surface area contributed by atoms with Crippen LogP contribution in [-0.2, 0) is 4.79 Å². The first kappa shape index (κ1) is 21.5. The van der Waals surface area contributed by atoms with Crippen LogP contribution in [0, 0.1) is 24.4 Å². The van der Waals surface area contributed by atoms with E-state index in [0.29, 0.717) is 23.5 Å². The summed E-state index contributed by atoms with van der Waals surface area (Å²) in [5.74, 6) is -1.84. The van der Waals surface area contributed by atoms with Gasteiger partial charge in [-0.1, -0.05) is 13.3 Å². The number of benzene rings is 2. The van der Waals surface area contributed by atoms with Crippen LogP contribution in [0.4, 0.5) is 13.2 Å². The predicted octanol–water partition coefficient (Wildman–Crippen LogP) is 5.48. The maximum absolute atomic E-state index is 13.7. The highest BCUT2D eigenvalue weighted by Gasteiger charge is 2.13. The van der Waals surface area contributed by atoms with Crippen molar-refractivity contribution < 1.29 is 22.7 Å². The van der Waals surface area contributed by atoms with Crippen LogP contribution in [-0.4, -0.2) is 12.5 Å². The fraction of sp³-hybridized carbons (Fsp3) is 0.318. The van der Waals surface area contributed by atoms with E-state index in [1.165, 1.54) is 49.4 Å². The summed E-state index contributed by atoms with van der Waals surface area (Å²) in [6.07, 6.45) is 4.57. The molecule has 0 aliphatic heterocycles. The second-order valence-electron chi connectivity index (χ2n) is 6.56. The summed E-state index contributed by atoms with van der Waals surface area (Å²) in [6.45, 7) is 5.46. The second-order valence-corrected chi connectivity index (χ2v) is 6.56. The summed E-state index contributed by atoms with van der Waals surface area (Å²) < 4.78 is 46.4. The van der Waals surface area contributed by atoms with E-state index in [1.807, 2.05) is 6.92 Å². The number of unbranched alkanes of at least 4 members (excludes halogenated alkanes) is 1. The lowest BCUT2D eigenvalue weighted by molar-refractivity contribution is -0.117. The summed E-state index contributed by atoms with van der Waals surface area (Å²) in [5, 5.41) is 2.65. The monoisotopic (exact) mass is 391 g/mol. The van der Waals surface area contributed by atoms with E-state index in [9.17, 15) is 18.0 Å². The molecule has 28 heavy (non-hydrogen) atoms. The van der Waals surface area contributed by atoms with Crippen molar-refractivity contribution in [2.75, 3.05) is 6.61 Å². The maximum Gasteiger partial charge on any atom is 0.244 e. The molecule has 0 spiro atoms. The molecule has 0 radical (unpaired) electrons. The third-order valence-corrected chi connectivity index (χ3v) is 4.31. The van der Waals surface area contributed by atoms with Crippen molar-refractivity contribution in [2.24, 2.45) is 0 Å². The van der Waals surface area contributed by atoms with Crippen molar-refractivity contribution >= 4 is 12.0 Å². The molecule has 0 heterocycles. The largest absolute Gasteiger partial charge is 0.493 e. The van der Waals surface area contributed by atoms with Crippen LogP contribution in [0.15, 0.2) is 36.4 Å². The fourth-order valence-corrected chi connectivity index (χ4v) is 2.52. The van der Waals surface area contributed by atoms with Gasteiger partial charge in [-0.25, -0.2) is 13.2 Å². The van der Waals surface area contributed by atoms with Gasteiger partial charge in [-0.2, -0.15) is 0 Å². The molecule has 2 aromatic rings. The van der Waals surface area contributed by atoms with Gasteiger partial charge in [0.25, 0.3) is 0 Å². The zero-order valence-electron chi connectivity index (χ0n) is 16.2. The highest BCUT2D eigenvalue weighted by molar-refractivity contribution is 5.92. The zero-order valence-corrected chi connectivity index (χ0v) is 16.2. The van der Waals surface area contributed by atoms with Gasteiger partial charge >= 0.3 is 0 Å². The first-order valence-corrected chi connectivity index (χ1v) is 9.18. The van der Waals surface area contributed by atoms with Gasteiger partial charge in [0.1, 0.15) is 23.2 Å². The summed E-state index contributed by atoms with van der Waals surface area (Å²) in [7, 11) is 0. The molecular formula is C22H24F3NO2. The molecule has 2 aromatic carbocycles. The number of carbonyl (C=O) groups excluding carboxylic acids is 1. The lowest BCUT2D eigenvalue weighted by Gasteiger charge is -2.14. The molecule has 0 fully saturated rings. The smallest absolute Gasteiger partial charge is 0.244 e. The Morgan fingerprint density at radius 2 is 1.86 bits per heavy atom. The highest BCUT2D eigenvalue weighted by Crippen LogP contribution is 2.22. The quantitative estimate of drug-likeness (QED) is 0.478. The van der Waals surface area contributed by atoms with Gasteiger partial charge < -0.3 is 10.1 Å². The van der Waals surface area contributed by atoms with E-state index in [2.05, 4.69) is 5.32 Å². The topological polar surface area (TPSA) is 38.3 Å². The SMILES string of the molecule is CCCCOc1cc(F)ccc1/C=C/C(=O)N[C@H](C)c1cc(F)c(C)c(F)c1. The van der Waals surface area contributed by atoms with Gasteiger partial charge in [0.05, 0.1) is 12.6 Å². The normalized spacial score (nSPS) is 12.2. The molecule has 150 valence electrons. The minimum Gasteiger partial charge on any atom is -0.493 e. The zero-order chi connectivity index (χ0) is 20.7. The molecule has 1 N–H and O–H groups in total. The third kappa shape index (κ3) is 5.87. The Hall–Kier alpha value is -2.76. The van der Waals surface area contributed by atoms with Crippen LogP contribution >= 0.6 is 0 Å². The van der Waals surface area contributed by atoms with Crippen LogP contribution in [0.25, 0.3) is 6.08 Å². The fourth-order valence-electron chi connectivity index (χ4n) is 2.52. The van der Waals surface area contributed by atoms with Gasteiger partial charge in [0, 0.05) is 23.3 Å². The molecule has 0 bridgehead atoms. The van der Waals surface area contributed by atoms with Crippen molar-refractivity contribution in [3.05, 3.63) is 70.5 Å². The van der Waals surface area contributed by atoms with Gasteiger partial charge in [-0.05, 0) is 56.2 Å². The summed E-state index contributed by atoms with van der Waals surface area (Å²) in [4.78, 5) is 12.2. The Balaban J connectivity index is 2.07. The number of amides is 1. The Bertz CT molecular complexity index is 842. The Morgan fingerprint density at radius 3 is 2.50 bits per heavy atom. The molecule has 3 nitrogen and oxygen atoms in total. The molecule has 1 atom stereocenters. The van der Waals surface area contributed by atoms with Gasteiger partial charge in [0.2, 0.25) is 5.91 Å². The predicted molar refractivity (Wildman–Crippen MR) is 103 cm³/mol. The summed E-state index contributed by atoms with van der Waals surface area (Å²) >= 11 is 0. The van der Waals surface area contributed by atoms with Crippen molar-refractivity contribution in [3.8, 4) is 5.75 Å². The molecule has 0 unspecified atom stereocenters. The second kappa shape index (κ2) is 9.97. The maximum atomic E-state index is 13.7. The Kier molecular flexibility index (Phi) is 7.67. The molecular weight excluding hydrogens is 367 g/mol. The lowest BCUT2D eigenvalue weighted by atomic mass is 10.1. The minimum absolute atomic E-state index is 0.0610. The number of ether oxygens (including phenoxy) is 1. The van der Waals surface area contributed by atoms with E-state index >= 15 is 0 Å². The van der Waals surface area contributed by atoms with Crippen LogP contribution in [0.3, 0.4) is 0 Å². The molecule has 0 aliphatic carbocycles. The molecule has 0 aromatic heterocycles. The van der Waals surface area contributed by atoms with Gasteiger partial charge in [0.15, 0.2) is 0 Å². The number of hydrogen-bond donors (Lipinski definition) is 1. The van der Waals surface area contributed by atoms with Crippen molar-refractivity contribution in [1.82, 2.24) is 5.32 Å². The molecule has 0 saturated carbocycles. The van der Waals surface area contributed by atoms with Crippen LogP contribution in [0.1, 0.15) is 49.4 Å². The average molecular weight is 391 g/mol. The number of hydrogen-bond acceptors (Lipinski definition) is 2. The first-order valence-electron chi connectivity index (χ1n) is 9.18. The number of carbonyl (C=O) groups is 1. The van der Waals surface area contributed by atoms with Crippen LogP contribution in [0.5, 0.6) is 5.75 Å². The van der Waals surface area contributed by atoms with Crippen LogP contribution in [0.2, 0.25) is 0 Å². The Labute approximate surface area is 163 Å². The van der Waals surface area contributed by atoms with E-state index in [0.717, 1.165) is 12.8 Å². The standard InChI is InChI=1S/C22H24F3NO2/c1-4-5-10-28-21-13-18(23)8-6-16(21)7-9-22(27)26-15(3)17-11-19(24)14(2)20(25)12-17/h6-9,11-13,15H,4-5,10H2,1-3H3,(H,26,27)/b9-7+/t15-/m1/s1. The van der Waals surface area contributed by atoms with Crippen LogP contribution < -0.4 is 10.1 Å². The molecule has 0 aliphatic rings. The summed E-state index contributed by atoms with van der Waals surface area (Å²) in [6, 6.07) is 5.89. The average Bonchev–Trinajstić information content (AvgIpc) is 2.65. The van der Waals surface area contributed by atoms with E-state index in [1.54, 1.807) is 6.92 Å². The molecule has 2 rings (SSSR count). The number of rotatable bonds is 8. The van der Waals surface area contributed by atoms with Crippen molar-refractivity contribution in [1.29, 1.82) is 0 Å². The number of halogens is 3. The summed E-state index contributed by atoms with van der Waals surface area (Å²) in [5.41, 5.74) is 0.828. The minimum atomic E-state index is -0.660. The van der Waals surface area contributed by atoms with E-state index in [-0.39, 0.29) is 5.56 Å². The van der Waals surface area contributed by atoms with E-state index in [4.69, 9.17) is 4.74 Å². The van der Waals surface area contributed by atoms with Crippen molar-refractivity contribution in [2.45, 2.75) is 39.7 Å². The van der Waals surface area contributed by atoms with E-state index < -0.39 is 29.4 Å². The van der Waals surface area contributed by atoms with Gasteiger partial charge in [-0.15, -0.1) is 0 Å². The third-order valence-electron chi connectivity index (χ3n) is 4.31. The lowest BCUT2D eigenvalue weighted by Crippen LogP contribution is -2.25. The number of nitrogens with one attached hydrogen (secondary N) is 1. The molecule has 1 amide bonds. The molecule has 0 saturated heterocycles. The molecule has 6 heteroatoms. The Morgan fingerprint density at radius 1 is 1.18 bits per heavy atom. The van der Waals surface area contributed by atoms with Crippen molar-refractivity contribution in [3.63, 3.8) is 0 Å².